The van der Waals surface area contributed by atoms with Gasteiger partial charge in [-0.15, -0.1) is 0 Å². The van der Waals surface area contributed by atoms with Crippen molar-refractivity contribution < 1.29 is 19.1 Å². The van der Waals surface area contributed by atoms with E-state index in [4.69, 9.17) is 4.74 Å². The van der Waals surface area contributed by atoms with Crippen molar-refractivity contribution in [1.29, 1.82) is 0 Å². The van der Waals surface area contributed by atoms with Crippen molar-refractivity contribution in [1.82, 2.24) is 0 Å². The molecule has 0 fully saturated rings. The Hall–Kier alpha value is -2.82. The molecule has 0 atom stereocenters. The number of aryl methyl sites for hydroxylation is 1. The van der Waals surface area contributed by atoms with E-state index in [0.29, 0.717) is 30.7 Å². The molecule has 126 valence electrons. The summed E-state index contributed by atoms with van der Waals surface area (Å²) >= 11 is 0. The van der Waals surface area contributed by atoms with Crippen LogP contribution in [-0.4, -0.2) is 25.6 Å². The highest BCUT2D eigenvalue weighted by Crippen LogP contribution is 2.15. The smallest absolute Gasteiger partial charge is 0.337 e. The fraction of sp³-hybridized carbons (Fsp3) is 0.263. The molecule has 2 aromatic carbocycles. The molecule has 1 amide bonds. The Morgan fingerprint density at radius 3 is 2.50 bits per heavy atom. The van der Waals surface area contributed by atoms with Gasteiger partial charge in [-0.05, 0) is 49.2 Å². The summed E-state index contributed by atoms with van der Waals surface area (Å²) in [4.78, 5) is 23.5. The van der Waals surface area contributed by atoms with Crippen LogP contribution in [0.3, 0.4) is 0 Å². The van der Waals surface area contributed by atoms with Gasteiger partial charge in [0.1, 0.15) is 5.75 Å². The van der Waals surface area contributed by atoms with Crippen LogP contribution in [0.4, 0.5) is 5.69 Å². The van der Waals surface area contributed by atoms with Crippen LogP contribution in [0.15, 0.2) is 48.5 Å². The number of carbonyl (C=O) groups is 2. The molecule has 2 aromatic rings. The van der Waals surface area contributed by atoms with E-state index in [0.717, 1.165) is 11.3 Å². The van der Waals surface area contributed by atoms with Gasteiger partial charge < -0.3 is 14.8 Å². The van der Waals surface area contributed by atoms with Gasteiger partial charge in [-0.3, -0.25) is 4.79 Å². The standard InChI is InChI=1S/C19H21NO4/c1-3-24-17-10-7-14(8-11-17)9-12-18(21)20-16-6-4-5-15(13-16)19(22)23-2/h4-8,10-11,13H,3,9,12H2,1-2H3,(H,20,21). The van der Waals surface area contributed by atoms with Crippen LogP contribution < -0.4 is 10.1 Å². The molecule has 0 aliphatic carbocycles. The molecule has 24 heavy (non-hydrogen) atoms. The van der Waals surface area contributed by atoms with Crippen molar-refractivity contribution in [2.45, 2.75) is 19.8 Å². The van der Waals surface area contributed by atoms with Gasteiger partial charge >= 0.3 is 5.97 Å². The van der Waals surface area contributed by atoms with Crippen molar-refractivity contribution in [2.75, 3.05) is 19.0 Å². The molecule has 0 heterocycles. The average molecular weight is 327 g/mol. The third-order valence-electron chi connectivity index (χ3n) is 3.44. The lowest BCUT2D eigenvalue weighted by Crippen LogP contribution is -2.13. The van der Waals surface area contributed by atoms with Crippen LogP contribution in [0.1, 0.15) is 29.3 Å². The summed E-state index contributed by atoms with van der Waals surface area (Å²) in [5.74, 6) is 0.289. The minimum Gasteiger partial charge on any atom is -0.494 e. The van der Waals surface area contributed by atoms with Crippen molar-refractivity contribution in [2.24, 2.45) is 0 Å². The third-order valence-corrected chi connectivity index (χ3v) is 3.44. The maximum absolute atomic E-state index is 12.1. The molecule has 5 heteroatoms. The molecule has 5 nitrogen and oxygen atoms in total. The number of benzene rings is 2. The van der Waals surface area contributed by atoms with E-state index in [1.807, 2.05) is 31.2 Å². The molecule has 0 radical (unpaired) electrons. The van der Waals surface area contributed by atoms with E-state index in [9.17, 15) is 9.59 Å². The molecular weight excluding hydrogens is 306 g/mol. The Morgan fingerprint density at radius 1 is 1.08 bits per heavy atom. The predicted molar refractivity (Wildman–Crippen MR) is 92.3 cm³/mol. The highest BCUT2D eigenvalue weighted by Gasteiger charge is 2.08. The number of rotatable bonds is 7. The average Bonchev–Trinajstić information content (AvgIpc) is 2.61. The van der Waals surface area contributed by atoms with Gasteiger partial charge in [-0.1, -0.05) is 18.2 Å². The van der Waals surface area contributed by atoms with E-state index in [-0.39, 0.29) is 5.91 Å². The van der Waals surface area contributed by atoms with Crippen molar-refractivity contribution in [3.8, 4) is 5.75 Å². The van der Waals surface area contributed by atoms with E-state index >= 15 is 0 Å². The number of methoxy groups -OCH3 is 1. The molecule has 0 saturated carbocycles. The number of esters is 1. The van der Waals surface area contributed by atoms with Gasteiger partial charge in [-0.2, -0.15) is 0 Å². The van der Waals surface area contributed by atoms with Crippen LogP contribution in [0, 0.1) is 0 Å². The first-order chi connectivity index (χ1) is 11.6. The Morgan fingerprint density at radius 2 is 1.83 bits per heavy atom. The van der Waals surface area contributed by atoms with Crippen molar-refractivity contribution in [3.05, 3.63) is 59.7 Å². The maximum atomic E-state index is 12.1. The Labute approximate surface area is 141 Å². The summed E-state index contributed by atoms with van der Waals surface area (Å²) in [7, 11) is 1.32. The second kappa shape index (κ2) is 8.72. The largest absolute Gasteiger partial charge is 0.494 e. The predicted octanol–water partition coefficient (Wildman–Crippen LogP) is 3.44. The second-order valence-electron chi connectivity index (χ2n) is 5.20. The van der Waals surface area contributed by atoms with Gasteiger partial charge in [0.25, 0.3) is 0 Å². The summed E-state index contributed by atoms with van der Waals surface area (Å²) < 4.78 is 10.1. The van der Waals surface area contributed by atoms with E-state index in [1.54, 1.807) is 24.3 Å². The highest BCUT2D eigenvalue weighted by atomic mass is 16.5. The number of hydrogen-bond acceptors (Lipinski definition) is 4. The minimum absolute atomic E-state index is 0.106. The molecular formula is C19H21NO4. The minimum atomic E-state index is -0.430. The van der Waals surface area contributed by atoms with Crippen LogP contribution >= 0.6 is 0 Å². The lowest BCUT2D eigenvalue weighted by Gasteiger charge is -2.07. The number of ether oxygens (including phenoxy) is 2. The molecule has 0 aliphatic heterocycles. The molecule has 0 bridgehead atoms. The lowest BCUT2D eigenvalue weighted by molar-refractivity contribution is -0.116. The van der Waals surface area contributed by atoms with Gasteiger partial charge in [0.2, 0.25) is 5.91 Å². The van der Waals surface area contributed by atoms with Crippen LogP contribution in [0.25, 0.3) is 0 Å². The topological polar surface area (TPSA) is 64.6 Å². The molecule has 1 N–H and O–H groups in total. The zero-order valence-corrected chi connectivity index (χ0v) is 13.9. The van der Waals surface area contributed by atoms with E-state index < -0.39 is 5.97 Å². The first-order valence-electron chi connectivity index (χ1n) is 7.82. The Kier molecular flexibility index (Phi) is 6.37. The summed E-state index contributed by atoms with van der Waals surface area (Å²) in [6.07, 6.45) is 0.991. The number of amides is 1. The zero-order chi connectivity index (χ0) is 17.4. The lowest BCUT2D eigenvalue weighted by atomic mass is 10.1. The second-order valence-corrected chi connectivity index (χ2v) is 5.20. The molecule has 0 unspecified atom stereocenters. The summed E-state index contributed by atoms with van der Waals surface area (Å²) in [6.45, 7) is 2.57. The molecule has 0 spiro atoms. The van der Waals surface area contributed by atoms with Gasteiger partial charge in [0.15, 0.2) is 0 Å². The molecule has 0 aliphatic rings. The van der Waals surface area contributed by atoms with Crippen molar-refractivity contribution in [3.63, 3.8) is 0 Å². The summed E-state index contributed by atoms with van der Waals surface area (Å²) in [5, 5.41) is 2.79. The maximum Gasteiger partial charge on any atom is 0.337 e. The zero-order valence-electron chi connectivity index (χ0n) is 13.9. The normalized spacial score (nSPS) is 10.1. The fourth-order valence-electron chi connectivity index (χ4n) is 2.24. The quantitative estimate of drug-likeness (QED) is 0.791. The number of nitrogens with one attached hydrogen (secondary N) is 1. The Balaban J connectivity index is 1.88. The first kappa shape index (κ1) is 17.5. The van der Waals surface area contributed by atoms with Gasteiger partial charge in [0.05, 0.1) is 19.3 Å². The van der Waals surface area contributed by atoms with Crippen LogP contribution in [0.2, 0.25) is 0 Å². The van der Waals surface area contributed by atoms with Gasteiger partial charge in [0, 0.05) is 12.1 Å². The molecule has 2 rings (SSSR count). The Bertz CT molecular complexity index is 695. The van der Waals surface area contributed by atoms with Gasteiger partial charge in [-0.25, -0.2) is 4.79 Å². The molecule has 0 saturated heterocycles. The first-order valence-corrected chi connectivity index (χ1v) is 7.82. The van der Waals surface area contributed by atoms with Crippen LogP contribution in [-0.2, 0) is 16.0 Å². The highest BCUT2D eigenvalue weighted by molar-refractivity contribution is 5.94. The number of anilines is 1. The SMILES string of the molecule is CCOc1ccc(CCC(=O)Nc2cccc(C(=O)OC)c2)cc1. The number of carbonyl (C=O) groups excluding carboxylic acids is 2. The monoisotopic (exact) mass is 327 g/mol. The fourth-order valence-corrected chi connectivity index (χ4v) is 2.24. The number of hydrogen-bond donors (Lipinski definition) is 1. The summed E-state index contributed by atoms with van der Waals surface area (Å²) in [5.41, 5.74) is 2.05. The van der Waals surface area contributed by atoms with E-state index in [2.05, 4.69) is 10.1 Å². The van der Waals surface area contributed by atoms with Crippen molar-refractivity contribution >= 4 is 17.6 Å². The molecule has 0 aromatic heterocycles. The van der Waals surface area contributed by atoms with Crippen LogP contribution in [0.5, 0.6) is 5.75 Å². The van der Waals surface area contributed by atoms with E-state index in [1.165, 1.54) is 7.11 Å². The summed E-state index contributed by atoms with van der Waals surface area (Å²) in [6, 6.07) is 14.4. The third kappa shape index (κ3) is 5.12.